The fourth-order valence-electron chi connectivity index (χ4n) is 2.73. The minimum atomic E-state index is 0.439. The summed E-state index contributed by atoms with van der Waals surface area (Å²) in [6.07, 6.45) is 1.70. The monoisotopic (exact) mass is 418 g/mol. The standard InChI is InChI=1S/C21H30N4O5/c1-22-21(25-14-16-7-6-8-23-20(16)30-10-9-26-2)24-13-15-11-17(27-3)19(29-5)18(12-15)28-4/h6-8,11-12H,9-10,13-14H2,1-5H3,(H2,22,24,25). The van der Waals surface area contributed by atoms with Crippen molar-refractivity contribution in [2.75, 3.05) is 48.7 Å². The molecule has 0 spiro atoms. The third-order valence-electron chi connectivity index (χ3n) is 4.23. The van der Waals surface area contributed by atoms with Crippen molar-refractivity contribution >= 4 is 5.96 Å². The van der Waals surface area contributed by atoms with Crippen molar-refractivity contribution in [3.05, 3.63) is 41.6 Å². The molecular formula is C21H30N4O5. The third-order valence-corrected chi connectivity index (χ3v) is 4.23. The molecule has 0 aliphatic rings. The normalized spacial score (nSPS) is 11.0. The minimum Gasteiger partial charge on any atom is -0.493 e. The highest BCUT2D eigenvalue weighted by atomic mass is 16.5. The number of aliphatic imine (C=N–C) groups is 1. The number of nitrogens with zero attached hydrogens (tertiary/aromatic N) is 2. The average molecular weight is 418 g/mol. The summed E-state index contributed by atoms with van der Waals surface area (Å²) in [4.78, 5) is 8.55. The highest BCUT2D eigenvalue weighted by Crippen LogP contribution is 2.38. The van der Waals surface area contributed by atoms with E-state index in [9.17, 15) is 0 Å². The van der Waals surface area contributed by atoms with Gasteiger partial charge in [0, 0.05) is 39.0 Å². The zero-order valence-electron chi connectivity index (χ0n) is 18.2. The van der Waals surface area contributed by atoms with Crippen LogP contribution in [0.15, 0.2) is 35.5 Å². The first kappa shape index (κ1) is 23.1. The van der Waals surface area contributed by atoms with Crippen LogP contribution in [0.2, 0.25) is 0 Å². The number of methoxy groups -OCH3 is 4. The summed E-state index contributed by atoms with van der Waals surface area (Å²) in [6, 6.07) is 7.61. The van der Waals surface area contributed by atoms with E-state index in [1.807, 2.05) is 24.3 Å². The first-order valence-corrected chi connectivity index (χ1v) is 9.45. The zero-order chi connectivity index (χ0) is 21.8. The van der Waals surface area contributed by atoms with Gasteiger partial charge in [0.25, 0.3) is 0 Å². The molecule has 0 atom stereocenters. The molecule has 9 nitrogen and oxygen atoms in total. The van der Waals surface area contributed by atoms with Gasteiger partial charge in [-0.15, -0.1) is 0 Å². The molecule has 1 aromatic carbocycles. The molecule has 2 rings (SSSR count). The summed E-state index contributed by atoms with van der Waals surface area (Å²) in [5.41, 5.74) is 1.88. The second kappa shape index (κ2) is 12.4. The summed E-state index contributed by atoms with van der Waals surface area (Å²) >= 11 is 0. The van der Waals surface area contributed by atoms with Crippen molar-refractivity contribution in [2.45, 2.75) is 13.1 Å². The molecule has 0 amide bonds. The molecule has 1 aromatic heterocycles. The lowest BCUT2D eigenvalue weighted by Crippen LogP contribution is -2.36. The van der Waals surface area contributed by atoms with E-state index < -0.39 is 0 Å². The lowest BCUT2D eigenvalue weighted by Gasteiger charge is -2.16. The summed E-state index contributed by atoms with van der Waals surface area (Å²) in [5, 5.41) is 6.54. The molecule has 0 bridgehead atoms. The number of ether oxygens (including phenoxy) is 5. The van der Waals surface area contributed by atoms with E-state index in [2.05, 4.69) is 20.6 Å². The van der Waals surface area contributed by atoms with Crippen molar-refractivity contribution in [3.8, 4) is 23.1 Å². The van der Waals surface area contributed by atoms with Crippen LogP contribution in [0, 0.1) is 0 Å². The predicted octanol–water partition coefficient (Wildman–Crippen LogP) is 2.00. The van der Waals surface area contributed by atoms with E-state index in [0.717, 1.165) is 11.1 Å². The summed E-state index contributed by atoms with van der Waals surface area (Å²) in [6.45, 7) is 1.96. The summed E-state index contributed by atoms with van der Waals surface area (Å²) < 4.78 is 26.9. The van der Waals surface area contributed by atoms with E-state index >= 15 is 0 Å². The molecule has 0 saturated carbocycles. The van der Waals surface area contributed by atoms with Gasteiger partial charge in [0.15, 0.2) is 17.5 Å². The van der Waals surface area contributed by atoms with Crippen molar-refractivity contribution in [1.82, 2.24) is 15.6 Å². The van der Waals surface area contributed by atoms with Crippen LogP contribution >= 0.6 is 0 Å². The Bertz CT molecular complexity index is 804. The largest absolute Gasteiger partial charge is 0.493 e. The average Bonchev–Trinajstić information content (AvgIpc) is 2.79. The molecule has 0 aliphatic carbocycles. The van der Waals surface area contributed by atoms with E-state index in [1.165, 1.54) is 0 Å². The Balaban J connectivity index is 1.99. The number of pyridine rings is 1. The molecular weight excluding hydrogens is 388 g/mol. The van der Waals surface area contributed by atoms with Gasteiger partial charge in [-0.2, -0.15) is 0 Å². The van der Waals surface area contributed by atoms with Gasteiger partial charge in [0.1, 0.15) is 6.61 Å². The highest BCUT2D eigenvalue weighted by molar-refractivity contribution is 5.79. The Hall–Kier alpha value is -3.20. The van der Waals surface area contributed by atoms with Gasteiger partial charge in [0.2, 0.25) is 11.6 Å². The molecule has 0 aliphatic heterocycles. The van der Waals surface area contributed by atoms with Gasteiger partial charge in [-0.1, -0.05) is 6.07 Å². The Labute approximate surface area is 177 Å². The zero-order valence-corrected chi connectivity index (χ0v) is 18.2. The van der Waals surface area contributed by atoms with Crippen molar-refractivity contribution in [3.63, 3.8) is 0 Å². The van der Waals surface area contributed by atoms with E-state index in [4.69, 9.17) is 23.7 Å². The maximum atomic E-state index is 5.67. The SMILES string of the molecule is CN=C(NCc1cc(OC)c(OC)c(OC)c1)NCc1cccnc1OCCOC. The van der Waals surface area contributed by atoms with Gasteiger partial charge in [-0.3, -0.25) is 4.99 Å². The maximum Gasteiger partial charge on any atom is 0.218 e. The maximum absolute atomic E-state index is 5.67. The molecule has 0 fully saturated rings. The fraction of sp³-hybridized carbons (Fsp3) is 0.429. The number of benzene rings is 1. The molecule has 1 heterocycles. The van der Waals surface area contributed by atoms with E-state index in [0.29, 0.717) is 55.4 Å². The van der Waals surface area contributed by atoms with Gasteiger partial charge >= 0.3 is 0 Å². The lowest BCUT2D eigenvalue weighted by molar-refractivity contribution is 0.143. The molecule has 0 radical (unpaired) electrons. The highest BCUT2D eigenvalue weighted by Gasteiger charge is 2.13. The van der Waals surface area contributed by atoms with Gasteiger partial charge < -0.3 is 34.3 Å². The molecule has 2 aromatic rings. The van der Waals surface area contributed by atoms with E-state index in [1.54, 1.807) is 41.7 Å². The van der Waals surface area contributed by atoms with Crippen LogP contribution in [0.1, 0.15) is 11.1 Å². The minimum absolute atomic E-state index is 0.439. The van der Waals surface area contributed by atoms with Crippen LogP contribution in [-0.2, 0) is 17.8 Å². The number of rotatable bonds is 11. The van der Waals surface area contributed by atoms with Crippen molar-refractivity contribution in [1.29, 1.82) is 0 Å². The molecule has 2 N–H and O–H groups in total. The van der Waals surface area contributed by atoms with Crippen LogP contribution < -0.4 is 29.6 Å². The Morgan fingerprint density at radius 3 is 2.27 bits per heavy atom. The smallest absolute Gasteiger partial charge is 0.218 e. The molecule has 9 heteroatoms. The predicted molar refractivity (Wildman–Crippen MR) is 115 cm³/mol. The third kappa shape index (κ3) is 6.41. The van der Waals surface area contributed by atoms with Gasteiger partial charge in [0.05, 0.1) is 27.9 Å². The Morgan fingerprint density at radius 2 is 1.67 bits per heavy atom. The lowest BCUT2D eigenvalue weighted by atomic mass is 10.2. The van der Waals surface area contributed by atoms with Crippen molar-refractivity contribution in [2.24, 2.45) is 4.99 Å². The number of hydrogen-bond acceptors (Lipinski definition) is 7. The van der Waals surface area contributed by atoms with Crippen LogP contribution in [0.3, 0.4) is 0 Å². The number of aromatic nitrogens is 1. The first-order chi connectivity index (χ1) is 14.7. The van der Waals surface area contributed by atoms with Gasteiger partial charge in [-0.25, -0.2) is 4.98 Å². The second-order valence-corrected chi connectivity index (χ2v) is 6.12. The first-order valence-electron chi connectivity index (χ1n) is 9.45. The summed E-state index contributed by atoms with van der Waals surface area (Å²) in [5.74, 6) is 2.97. The van der Waals surface area contributed by atoms with E-state index in [-0.39, 0.29) is 0 Å². The molecule has 0 unspecified atom stereocenters. The molecule has 0 saturated heterocycles. The van der Waals surface area contributed by atoms with Crippen LogP contribution in [0.25, 0.3) is 0 Å². The fourth-order valence-corrected chi connectivity index (χ4v) is 2.73. The number of nitrogens with one attached hydrogen (secondary N) is 2. The quantitative estimate of drug-likeness (QED) is 0.325. The summed E-state index contributed by atoms with van der Waals surface area (Å²) in [7, 11) is 8.11. The molecule has 164 valence electrons. The van der Waals surface area contributed by atoms with Gasteiger partial charge in [-0.05, 0) is 23.8 Å². The number of hydrogen-bond donors (Lipinski definition) is 2. The Kier molecular flexibility index (Phi) is 9.53. The van der Waals surface area contributed by atoms with Crippen LogP contribution in [-0.4, -0.2) is 59.6 Å². The Morgan fingerprint density at radius 1 is 0.967 bits per heavy atom. The van der Waals surface area contributed by atoms with Crippen LogP contribution in [0.5, 0.6) is 23.1 Å². The second-order valence-electron chi connectivity index (χ2n) is 6.12. The molecule has 30 heavy (non-hydrogen) atoms. The topological polar surface area (TPSA) is 95.5 Å². The number of guanidine groups is 1. The van der Waals surface area contributed by atoms with Crippen molar-refractivity contribution < 1.29 is 23.7 Å². The van der Waals surface area contributed by atoms with Crippen LogP contribution in [0.4, 0.5) is 0 Å².